The van der Waals surface area contributed by atoms with Gasteiger partial charge in [-0.1, -0.05) is 13.3 Å². The van der Waals surface area contributed by atoms with Crippen molar-refractivity contribution in [1.82, 2.24) is 4.90 Å². The summed E-state index contributed by atoms with van der Waals surface area (Å²) in [6.07, 6.45) is 1.71. The Bertz CT molecular complexity index is 486. The zero-order valence-electron chi connectivity index (χ0n) is 10.9. The van der Waals surface area contributed by atoms with E-state index in [1.807, 2.05) is 0 Å². The lowest BCUT2D eigenvalue weighted by atomic mass is 9.99. The molecule has 2 aliphatic rings. The Hall–Kier alpha value is -1.11. The van der Waals surface area contributed by atoms with E-state index >= 15 is 0 Å². The van der Waals surface area contributed by atoms with Crippen molar-refractivity contribution < 1.29 is 23.1 Å². The smallest absolute Gasteiger partial charge is 0.308 e. The fraction of sp³-hybridized carbons (Fsp3) is 0.833. The number of likely N-dealkylation sites (tertiary alicyclic amines) is 1. The van der Waals surface area contributed by atoms with E-state index in [0.717, 1.165) is 6.42 Å². The Morgan fingerprint density at radius 3 is 2.42 bits per heavy atom. The molecule has 3 unspecified atom stereocenters. The summed E-state index contributed by atoms with van der Waals surface area (Å²) in [5.41, 5.74) is 0. The van der Waals surface area contributed by atoms with Gasteiger partial charge in [0, 0.05) is 13.1 Å². The maximum Gasteiger partial charge on any atom is 0.308 e. The number of carboxylic acid groups (broad SMARTS) is 1. The van der Waals surface area contributed by atoms with E-state index in [-0.39, 0.29) is 18.2 Å². The zero-order chi connectivity index (χ0) is 14.2. The Labute approximate surface area is 112 Å². The highest BCUT2D eigenvalue weighted by Crippen LogP contribution is 2.27. The van der Waals surface area contributed by atoms with Crippen LogP contribution in [0, 0.1) is 11.8 Å². The Kier molecular flexibility index (Phi) is 3.85. The number of carbonyl (C=O) groups excluding carboxylic acids is 1. The van der Waals surface area contributed by atoms with Crippen LogP contribution in [-0.2, 0) is 19.4 Å². The van der Waals surface area contributed by atoms with Crippen LogP contribution in [0.2, 0.25) is 0 Å². The number of amides is 1. The summed E-state index contributed by atoms with van der Waals surface area (Å²) in [6.45, 7) is 2.24. The lowest BCUT2D eigenvalue weighted by Gasteiger charge is -2.26. The standard InChI is InChI=1S/C12H19NO5S/c1-8-6-13(7-9(8)12(15)16)11(14)10-4-2-3-5-19(10,17)18/h8-10H,2-7H2,1H3,(H,15,16). The van der Waals surface area contributed by atoms with Crippen LogP contribution in [0.5, 0.6) is 0 Å². The largest absolute Gasteiger partial charge is 0.481 e. The lowest BCUT2D eigenvalue weighted by molar-refractivity contribution is -0.142. The highest BCUT2D eigenvalue weighted by Gasteiger charge is 2.43. The number of carbonyl (C=O) groups is 2. The van der Waals surface area contributed by atoms with Gasteiger partial charge >= 0.3 is 5.97 Å². The maximum atomic E-state index is 12.3. The maximum absolute atomic E-state index is 12.3. The van der Waals surface area contributed by atoms with Crippen LogP contribution in [-0.4, -0.2) is 54.4 Å². The van der Waals surface area contributed by atoms with Gasteiger partial charge in [-0.25, -0.2) is 8.42 Å². The molecule has 0 aromatic rings. The Morgan fingerprint density at radius 2 is 1.89 bits per heavy atom. The summed E-state index contributed by atoms with van der Waals surface area (Å²) in [5.74, 6) is -1.98. The molecule has 108 valence electrons. The minimum absolute atomic E-state index is 0.0646. The summed E-state index contributed by atoms with van der Waals surface area (Å²) in [4.78, 5) is 24.7. The summed E-state index contributed by atoms with van der Waals surface area (Å²) in [5, 5.41) is 8.08. The van der Waals surface area contributed by atoms with Gasteiger partial charge in [-0.15, -0.1) is 0 Å². The number of hydrogen-bond donors (Lipinski definition) is 1. The van der Waals surface area contributed by atoms with Crippen LogP contribution < -0.4 is 0 Å². The first-order valence-electron chi connectivity index (χ1n) is 6.56. The normalized spacial score (nSPS) is 34.2. The second-order valence-electron chi connectivity index (χ2n) is 5.52. The van der Waals surface area contributed by atoms with E-state index in [4.69, 9.17) is 5.11 Å². The molecule has 2 aliphatic heterocycles. The first-order valence-corrected chi connectivity index (χ1v) is 8.27. The van der Waals surface area contributed by atoms with E-state index in [2.05, 4.69) is 0 Å². The molecule has 6 nitrogen and oxygen atoms in total. The molecule has 7 heteroatoms. The predicted octanol–water partition coefficient (Wildman–Crippen LogP) is 0.133. The van der Waals surface area contributed by atoms with Gasteiger partial charge in [-0.05, 0) is 18.8 Å². The molecule has 0 bridgehead atoms. The van der Waals surface area contributed by atoms with Gasteiger partial charge in [0.05, 0.1) is 11.7 Å². The summed E-state index contributed by atoms with van der Waals surface area (Å²) in [7, 11) is -3.35. The van der Waals surface area contributed by atoms with E-state index in [9.17, 15) is 18.0 Å². The molecule has 0 radical (unpaired) electrons. The average molecular weight is 289 g/mol. The number of hydrogen-bond acceptors (Lipinski definition) is 4. The van der Waals surface area contributed by atoms with Crippen LogP contribution in [0.1, 0.15) is 26.2 Å². The van der Waals surface area contributed by atoms with Gasteiger partial charge in [-0.2, -0.15) is 0 Å². The lowest BCUT2D eigenvalue weighted by Crippen LogP contribution is -2.44. The minimum atomic E-state index is -3.35. The first kappa shape index (κ1) is 14.3. The molecular weight excluding hydrogens is 270 g/mol. The molecule has 0 aromatic heterocycles. The van der Waals surface area contributed by atoms with Crippen molar-refractivity contribution in [2.24, 2.45) is 11.8 Å². The van der Waals surface area contributed by atoms with E-state index in [0.29, 0.717) is 19.4 Å². The molecule has 2 saturated heterocycles. The van der Waals surface area contributed by atoms with Gasteiger partial charge in [-0.3, -0.25) is 9.59 Å². The molecular formula is C12H19NO5S. The number of carboxylic acids is 1. The van der Waals surface area contributed by atoms with Crippen molar-refractivity contribution >= 4 is 21.7 Å². The molecule has 2 heterocycles. The fourth-order valence-electron chi connectivity index (χ4n) is 2.90. The second-order valence-corrected chi connectivity index (χ2v) is 7.82. The Morgan fingerprint density at radius 1 is 1.21 bits per heavy atom. The SMILES string of the molecule is CC1CN(C(=O)C2CCCCS2(=O)=O)CC1C(=O)O. The van der Waals surface area contributed by atoms with Crippen molar-refractivity contribution in [2.45, 2.75) is 31.4 Å². The van der Waals surface area contributed by atoms with E-state index in [1.54, 1.807) is 6.92 Å². The van der Waals surface area contributed by atoms with E-state index in [1.165, 1.54) is 4.90 Å². The van der Waals surface area contributed by atoms with Crippen LogP contribution in [0.4, 0.5) is 0 Å². The molecule has 1 amide bonds. The van der Waals surface area contributed by atoms with Crippen LogP contribution in [0.15, 0.2) is 0 Å². The highest BCUT2D eigenvalue weighted by molar-refractivity contribution is 7.92. The second kappa shape index (κ2) is 5.11. The van der Waals surface area contributed by atoms with Gasteiger partial charge < -0.3 is 10.0 Å². The molecule has 1 N–H and O–H groups in total. The van der Waals surface area contributed by atoms with Crippen LogP contribution in [0.25, 0.3) is 0 Å². The zero-order valence-corrected chi connectivity index (χ0v) is 11.7. The molecule has 0 spiro atoms. The number of rotatable bonds is 2. The van der Waals surface area contributed by atoms with Crippen LogP contribution in [0.3, 0.4) is 0 Å². The molecule has 0 saturated carbocycles. The predicted molar refractivity (Wildman–Crippen MR) is 68.3 cm³/mol. The number of nitrogens with zero attached hydrogens (tertiary/aromatic N) is 1. The summed E-state index contributed by atoms with van der Waals surface area (Å²) >= 11 is 0. The number of aliphatic carboxylic acids is 1. The van der Waals surface area contributed by atoms with Gasteiger partial charge in [0.1, 0.15) is 5.25 Å². The summed E-state index contributed by atoms with van der Waals surface area (Å²) < 4.78 is 23.8. The fourth-order valence-corrected chi connectivity index (χ4v) is 4.78. The molecule has 0 aliphatic carbocycles. The quantitative estimate of drug-likeness (QED) is 0.780. The average Bonchev–Trinajstić information content (AvgIpc) is 2.70. The highest BCUT2D eigenvalue weighted by atomic mass is 32.2. The monoisotopic (exact) mass is 289 g/mol. The van der Waals surface area contributed by atoms with Gasteiger partial charge in [0.15, 0.2) is 9.84 Å². The third kappa shape index (κ3) is 2.75. The molecule has 2 rings (SSSR count). The van der Waals surface area contributed by atoms with Gasteiger partial charge in [0.25, 0.3) is 0 Å². The van der Waals surface area contributed by atoms with Crippen molar-refractivity contribution in [3.05, 3.63) is 0 Å². The van der Waals surface area contributed by atoms with Crippen molar-refractivity contribution in [3.8, 4) is 0 Å². The Balaban J connectivity index is 2.11. The van der Waals surface area contributed by atoms with Gasteiger partial charge in [0.2, 0.25) is 5.91 Å². The van der Waals surface area contributed by atoms with Crippen molar-refractivity contribution in [3.63, 3.8) is 0 Å². The topological polar surface area (TPSA) is 91.8 Å². The number of sulfone groups is 1. The third-order valence-electron chi connectivity index (χ3n) is 4.10. The summed E-state index contributed by atoms with van der Waals surface area (Å²) in [6, 6.07) is 0. The van der Waals surface area contributed by atoms with Crippen LogP contribution >= 0.6 is 0 Å². The minimum Gasteiger partial charge on any atom is -0.481 e. The molecule has 2 fully saturated rings. The third-order valence-corrected chi connectivity index (χ3v) is 6.26. The van der Waals surface area contributed by atoms with Crippen molar-refractivity contribution in [2.75, 3.05) is 18.8 Å². The first-order chi connectivity index (χ1) is 8.83. The van der Waals surface area contributed by atoms with Crippen molar-refractivity contribution in [1.29, 1.82) is 0 Å². The molecule has 19 heavy (non-hydrogen) atoms. The van der Waals surface area contributed by atoms with E-state index < -0.39 is 32.9 Å². The molecule has 0 aromatic carbocycles. The molecule has 3 atom stereocenters.